The molecule has 0 saturated heterocycles. The lowest BCUT2D eigenvalue weighted by Crippen LogP contribution is -1.94. The number of pyridine rings is 1. The fourth-order valence-corrected chi connectivity index (χ4v) is 2.63. The fourth-order valence-electron chi connectivity index (χ4n) is 2.63. The third kappa shape index (κ3) is 3.03. The van der Waals surface area contributed by atoms with Crippen molar-refractivity contribution in [2.24, 2.45) is 0 Å². The van der Waals surface area contributed by atoms with Gasteiger partial charge in [-0.3, -0.25) is 15.1 Å². The molecule has 0 N–H and O–H groups in total. The highest BCUT2D eigenvalue weighted by atomic mass is 16.6. The SMILES string of the molecule is COc1cc2cc(-c3ccc(OC)c([N+](=O)[O-])c3)cnc2cc1OC. The second-order valence-corrected chi connectivity index (χ2v) is 5.27. The largest absolute Gasteiger partial charge is 0.493 e. The number of nitrogens with zero attached hydrogens (tertiary/aromatic N) is 2. The molecule has 3 rings (SSSR count). The van der Waals surface area contributed by atoms with Crippen LogP contribution in [0, 0.1) is 10.1 Å². The van der Waals surface area contributed by atoms with Crippen LogP contribution in [0.3, 0.4) is 0 Å². The van der Waals surface area contributed by atoms with Gasteiger partial charge in [0.25, 0.3) is 0 Å². The van der Waals surface area contributed by atoms with Crippen molar-refractivity contribution in [2.45, 2.75) is 0 Å². The summed E-state index contributed by atoms with van der Waals surface area (Å²) in [6, 6.07) is 10.3. The van der Waals surface area contributed by atoms with Crippen molar-refractivity contribution in [3.63, 3.8) is 0 Å². The van der Waals surface area contributed by atoms with Gasteiger partial charge in [-0.05, 0) is 23.8 Å². The molecule has 128 valence electrons. The number of fused-ring (bicyclic) bond motifs is 1. The Balaban J connectivity index is 2.13. The predicted octanol–water partition coefficient (Wildman–Crippen LogP) is 3.84. The van der Waals surface area contributed by atoms with E-state index >= 15 is 0 Å². The molecule has 1 heterocycles. The highest BCUT2D eigenvalue weighted by Gasteiger charge is 2.16. The first-order chi connectivity index (χ1) is 12.1. The van der Waals surface area contributed by atoms with Crippen LogP contribution in [0.5, 0.6) is 17.2 Å². The molecule has 0 fully saturated rings. The molecule has 0 bridgehead atoms. The van der Waals surface area contributed by atoms with E-state index in [4.69, 9.17) is 14.2 Å². The zero-order valence-electron chi connectivity index (χ0n) is 14.0. The Bertz CT molecular complexity index is 956. The summed E-state index contributed by atoms with van der Waals surface area (Å²) in [5.41, 5.74) is 2.08. The van der Waals surface area contributed by atoms with Gasteiger partial charge in [-0.2, -0.15) is 0 Å². The maximum atomic E-state index is 11.2. The minimum atomic E-state index is -0.468. The van der Waals surface area contributed by atoms with Crippen molar-refractivity contribution in [3.8, 4) is 28.4 Å². The molecule has 0 radical (unpaired) electrons. The molecule has 0 spiro atoms. The highest BCUT2D eigenvalue weighted by molar-refractivity contribution is 5.87. The summed E-state index contributed by atoms with van der Waals surface area (Å²) in [5, 5.41) is 12.1. The van der Waals surface area contributed by atoms with Crippen molar-refractivity contribution >= 4 is 16.6 Å². The molecule has 0 unspecified atom stereocenters. The molecule has 3 aromatic rings. The molecule has 0 atom stereocenters. The van der Waals surface area contributed by atoms with Gasteiger partial charge in [0, 0.05) is 29.3 Å². The van der Waals surface area contributed by atoms with Crippen LogP contribution in [0.4, 0.5) is 5.69 Å². The summed E-state index contributed by atoms with van der Waals surface area (Å²) in [6.45, 7) is 0. The van der Waals surface area contributed by atoms with Crippen LogP contribution < -0.4 is 14.2 Å². The van der Waals surface area contributed by atoms with E-state index in [1.807, 2.05) is 12.1 Å². The molecule has 0 amide bonds. The van der Waals surface area contributed by atoms with Gasteiger partial charge in [0.15, 0.2) is 17.2 Å². The van der Waals surface area contributed by atoms with Gasteiger partial charge in [-0.15, -0.1) is 0 Å². The molecule has 0 aliphatic rings. The van der Waals surface area contributed by atoms with E-state index in [2.05, 4.69) is 4.98 Å². The maximum Gasteiger partial charge on any atom is 0.311 e. The summed E-state index contributed by atoms with van der Waals surface area (Å²) in [4.78, 5) is 15.2. The van der Waals surface area contributed by atoms with E-state index in [1.54, 1.807) is 38.6 Å². The zero-order valence-corrected chi connectivity index (χ0v) is 14.0. The van der Waals surface area contributed by atoms with E-state index in [0.717, 1.165) is 16.5 Å². The number of nitro groups is 1. The Kier molecular flexibility index (Phi) is 4.38. The number of methoxy groups -OCH3 is 3. The van der Waals surface area contributed by atoms with Crippen LogP contribution >= 0.6 is 0 Å². The summed E-state index contributed by atoms with van der Waals surface area (Å²) in [6.07, 6.45) is 1.67. The topological polar surface area (TPSA) is 83.7 Å². The lowest BCUT2D eigenvalue weighted by Gasteiger charge is -2.10. The number of benzene rings is 2. The van der Waals surface area contributed by atoms with E-state index in [1.165, 1.54) is 13.2 Å². The van der Waals surface area contributed by atoms with Gasteiger partial charge in [0.05, 0.1) is 31.8 Å². The number of hydrogen-bond donors (Lipinski definition) is 0. The van der Waals surface area contributed by atoms with Crippen molar-refractivity contribution in [1.29, 1.82) is 0 Å². The normalized spacial score (nSPS) is 10.5. The standard InChI is InChI=1S/C18H16N2O5/c1-23-16-5-4-11(7-15(16)20(21)22)13-6-12-8-17(24-2)18(25-3)9-14(12)19-10-13/h4-10H,1-3H3. The van der Waals surface area contributed by atoms with Crippen molar-refractivity contribution < 1.29 is 19.1 Å². The van der Waals surface area contributed by atoms with Gasteiger partial charge >= 0.3 is 5.69 Å². The average molecular weight is 340 g/mol. The minimum Gasteiger partial charge on any atom is -0.493 e. The van der Waals surface area contributed by atoms with Gasteiger partial charge < -0.3 is 14.2 Å². The third-order valence-electron chi connectivity index (χ3n) is 3.90. The Morgan fingerprint density at radius 2 is 1.56 bits per heavy atom. The van der Waals surface area contributed by atoms with Crippen molar-refractivity contribution in [3.05, 3.63) is 52.7 Å². The first kappa shape index (κ1) is 16.5. The predicted molar refractivity (Wildman–Crippen MR) is 93.5 cm³/mol. The molecule has 1 aromatic heterocycles. The van der Waals surface area contributed by atoms with Crippen LogP contribution in [0.2, 0.25) is 0 Å². The quantitative estimate of drug-likeness (QED) is 0.518. The molecule has 25 heavy (non-hydrogen) atoms. The number of aromatic nitrogens is 1. The first-order valence-electron chi connectivity index (χ1n) is 7.42. The highest BCUT2D eigenvalue weighted by Crippen LogP contribution is 2.35. The van der Waals surface area contributed by atoms with E-state index in [-0.39, 0.29) is 11.4 Å². The Morgan fingerprint density at radius 1 is 0.880 bits per heavy atom. The number of rotatable bonds is 5. The monoisotopic (exact) mass is 340 g/mol. The maximum absolute atomic E-state index is 11.2. The van der Waals surface area contributed by atoms with Gasteiger partial charge in [0.1, 0.15) is 0 Å². The lowest BCUT2D eigenvalue weighted by atomic mass is 10.0. The molecule has 7 nitrogen and oxygen atoms in total. The van der Waals surface area contributed by atoms with Gasteiger partial charge in [-0.25, -0.2) is 0 Å². The number of ether oxygens (including phenoxy) is 3. The first-order valence-corrected chi connectivity index (χ1v) is 7.42. The van der Waals surface area contributed by atoms with Gasteiger partial charge in [-0.1, -0.05) is 6.07 Å². The summed E-state index contributed by atoms with van der Waals surface area (Å²) in [5.74, 6) is 1.40. The Morgan fingerprint density at radius 3 is 2.20 bits per heavy atom. The van der Waals surface area contributed by atoms with E-state index in [9.17, 15) is 10.1 Å². The zero-order chi connectivity index (χ0) is 18.0. The fraction of sp³-hybridized carbons (Fsp3) is 0.167. The Hall–Kier alpha value is -3.35. The molecule has 7 heteroatoms. The van der Waals surface area contributed by atoms with Crippen molar-refractivity contribution in [1.82, 2.24) is 4.98 Å². The molecule has 0 saturated carbocycles. The van der Waals surface area contributed by atoms with Crippen LogP contribution in [0.15, 0.2) is 42.6 Å². The second kappa shape index (κ2) is 6.64. The smallest absolute Gasteiger partial charge is 0.311 e. The third-order valence-corrected chi connectivity index (χ3v) is 3.90. The number of nitro benzene ring substituents is 1. The lowest BCUT2D eigenvalue weighted by molar-refractivity contribution is -0.385. The minimum absolute atomic E-state index is 0.0904. The summed E-state index contributed by atoms with van der Waals surface area (Å²) >= 11 is 0. The van der Waals surface area contributed by atoms with Crippen LogP contribution in [0.1, 0.15) is 0 Å². The van der Waals surface area contributed by atoms with Gasteiger partial charge in [0.2, 0.25) is 0 Å². The Labute approximate surface area is 143 Å². The molecule has 0 aliphatic carbocycles. The van der Waals surface area contributed by atoms with Crippen LogP contribution in [-0.2, 0) is 0 Å². The van der Waals surface area contributed by atoms with Crippen LogP contribution in [0.25, 0.3) is 22.0 Å². The average Bonchev–Trinajstić information content (AvgIpc) is 2.65. The van der Waals surface area contributed by atoms with Crippen molar-refractivity contribution in [2.75, 3.05) is 21.3 Å². The van der Waals surface area contributed by atoms with Crippen LogP contribution in [-0.4, -0.2) is 31.2 Å². The number of hydrogen-bond acceptors (Lipinski definition) is 6. The molecule has 0 aliphatic heterocycles. The second-order valence-electron chi connectivity index (χ2n) is 5.27. The molecular weight excluding hydrogens is 324 g/mol. The summed E-state index contributed by atoms with van der Waals surface area (Å²) < 4.78 is 15.6. The van der Waals surface area contributed by atoms with E-state index in [0.29, 0.717) is 17.1 Å². The van der Waals surface area contributed by atoms with E-state index < -0.39 is 4.92 Å². The summed E-state index contributed by atoms with van der Waals surface area (Å²) in [7, 11) is 4.53. The molecule has 2 aromatic carbocycles. The molecular formula is C18H16N2O5.